The molecular formula is C17H16Cl2OTi. The average Bonchev–Trinajstić information content (AvgIpc) is 2.86. The molecule has 0 saturated heterocycles. The van der Waals surface area contributed by atoms with Gasteiger partial charge in [-0.05, 0) is 0 Å². The van der Waals surface area contributed by atoms with E-state index in [2.05, 4.69) is 55.5 Å². The first-order chi connectivity index (χ1) is 9.31. The molecule has 1 aliphatic rings. The van der Waals surface area contributed by atoms with Gasteiger partial charge in [0.05, 0.1) is 0 Å². The molecule has 0 atom stereocenters. The van der Waals surface area contributed by atoms with Gasteiger partial charge < -0.3 is 24.8 Å². The molecule has 1 nitrogen and oxygen atoms in total. The van der Waals surface area contributed by atoms with Gasteiger partial charge in [-0.25, -0.2) is 0 Å². The van der Waals surface area contributed by atoms with Gasteiger partial charge in [0.1, 0.15) is 0 Å². The molecule has 0 bridgehead atoms. The van der Waals surface area contributed by atoms with Crippen LogP contribution in [0.15, 0.2) is 54.1 Å². The van der Waals surface area contributed by atoms with Crippen LogP contribution in [0.4, 0.5) is 0 Å². The molecule has 0 heterocycles. The first-order valence-corrected chi connectivity index (χ1v) is 7.90. The van der Waals surface area contributed by atoms with E-state index in [0.29, 0.717) is 0 Å². The van der Waals surface area contributed by atoms with Gasteiger partial charge in [0.15, 0.2) is 0 Å². The zero-order valence-corrected chi connectivity index (χ0v) is 15.1. The minimum Gasteiger partial charge on any atom is -1.00 e. The Morgan fingerprint density at radius 2 is 1.81 bits per heavy atom. The summed E-state index contributed by atoms with van der Waals surface area (Å²) >= 11 is -0.537. The molecule has 0 spiro atoms. The summed E-state index contributed by atoms with van der Waals surface area (Å²) in [6.45, 7) is 2.20. The van der Waals surface area contributed by atoms with Crippen molar-refractivity contribution in [3.8, 4) is 0 Å². The maximum Gasteiger partial charge on any atom is -1.00 e. The van der Waals surface area contributed by atoms with Crippen molar-refractivity contribution in [3.05, 3.63) is 59.7 Å². The molecule has 0 aromatic heterocycles. The van der Waals surface area contributed by atoms with E-state index in [1.807, 2.05) is 7.11 Å². The Balaban J connectivity index is 0.00000110. The largest absolute Gasteiger partial charge is 1.00 e. The Labute approximate surface area is 147 Å². The zero-order chi connectivity index (χ0) is 13.2. The Kier molecular flexibility index (Phi) is 7.19. The third kappa shape index (κ3) is 3.61. The molecule has 4 heteroatoms. The van der Waals surface area contributed by atoms with E-state index in [4.69, 9.17) is 3.32 Å². The van der Waals surface area contributed by atoms with Crippen LogP contribution in [0.25, 0.3) is 16.3 Å². The van der Waals surface area contributed by atoms with Crippen LogP contribution >= 0.6 is 0 Å². The Morgan fingerprint density at radius 3 is 2.48 bits per heavy atom. The van der Waals surface area contributed by atoms with E-state index in [-0.39, 0.29) is 24.8 Å². The second-order valence-corrected chi connectivity index (χ2v) is 6.52. The average molecular weight is 355 g/mol. The smallest absolute Gasteiger partial charge is 1.00 e. The third-order valence-electron chi connectivity index (χ3n) is 3.62. The molecule has 0 fully saturated rings. The van der Waals surface area contributed by atoms with Gasteiger partial charge in [-0.1, -0.05) is 0 Å². The van der Waals surface area contributed by atoms with Gasteiger partial charge in [-0.2, -0.15) is 0 Å². The molecule has 0 saturated carbocycles. The van der Waals surface area contributed by atoms with Crippen LogP contribution in [0.1, 0.15) is 18.9 Å². The van der Waals surface area contributed by atoms with Crippen LogP contribution in [0.2, 0.25) is 0 Å². The predicted octanol–water partition coefficient (Wildman–Crippen LogP) is -2.15. The van der Waals surface area contributed by atoms with Crippen molar-refractivity contribution in [2.45, 2.75) is 13.3 Å². The molecule has 0 aliphatic heterocycles. The fourth-order valence-electron chi connectivity index (χ4n) is 2.67. The van der Waals surface area contributed by atoms with Crippen LogP contribution in [0.5, 0.6) is 0 Å². The van der Waals surface area contributed by atoms with Crippen molar-refractivity contribution < 1.29 is 47.7 Å². The molecule has 0 amide bonds. The predicted molar refractivity (Wildman–Crippen MR) is 76.9 cm³/mol. The number of halogens is 2. The molecule has 2 aromatic carbocycles. The SMILES string of the molecule is C[O][Ti+2][c]1c(C2=C(C)C=CC2)ccc2ccccc12.[Cl-].[Cl-]. The molecule has 1 aliphatic carbocycles. The molecule has 0 unspecified atom stereocenters. The van der Waals surface area contributed by atoms with Crippen molar-refractivity contribution in [3.63, 3.8) is 0 Å². The maximum absolute atomic E-state index is 5.55. The Morgan fingerprint density at radius 1 is 1.05 bits per heavy atom. The molecule has 0 radical (unpaired) electrons. The van der Waals surface area contributed by atoms with E-state index in [1.54, 1.807) is 0 Å². The van der Waals surface area contributed by atoms with Crippen LogP contribution in [-0.4, -0.2) is 7.11 Å². The van der Waals surface area contributed by atoms with Crippen molar-refractivity contribution in [1.82, 2.24) is 0 Å². The van der Waals surface area contributed by atoms with Crippen LogP contribution in [0, 0.1) is 0 Å². The number of hydrogen-bond acceptors (Lipinski definition) is 1. The Bertz CT molecular complexity index is 692. The summed E-state index contributed by atoms with van der Waals surface area (Å²) in [6.07, 6.45) is 5.52. The van der Waals surface area contributed by atoms with Crippen molar-refractivity contribution in [1.29, 1.82) is 0 Å². The quantitative estimate of drug-likeness (QED) is 0.571. The summed E-state index contributed by atoms with van der Waals surface area (Å²) in [5.74, 6) is 0. The number of benzene rings is 2. The fourth-order valence-corrected chi connectivity index (χ4v) is 4.06. The number of fused-ring (bicyclic) bond motifs is 1. The van der Waals surface area contributed by atoms with Crippen molar-refractivity contribution in [2.24, 2.45) is 0 Å². The molecule has 2 aromatic rings. The topological polar surface area (TPSA) is 9.23 Å². The van der Waals surface area contributed by atoms with Crippen LogP contribution in [-0.2, 0) is 22.9 Å². The monoisotopic (exact) mass is 354 g/mol. The van der Waals surface area contributed by atoms with Gasteiger partial charge in [0.2, 0.25) is 0 Å². The fraction of sp³-hybridized carbons (Fsp3) is 0.176. The summed E-state index contributed by atoms with van der Waals surface area (Å²) in [5, 5.41) is 2.67. The summed E-state index contributed by atoms with van der Waals surface area (Å²) in [4.78, 5) is 0. The standard InChI is InChI=1S/C16H13.CH3O.2ClH.Ti/c1-12-5-4-8-16(12)15-10-9-13-6-2-3-7-14(13)11-15;1-2;;;/h2-7,9-10H,8H2,1H3;1H3;2*1H;/q;-1;;;+3/p-2. The van der Waals surface area contributed by atoms with E-state index in [0.717, 1.165) is 6.42 Å². The van der Waals surface area contributed by atoms with Crippen LogP contribution in [0.3, 0.4) is 0 Å². The molecule has 108 valence electrons. The molecule has 0 N–H and O–H groups in total. The van der Waals surface area contributed by atoms with Gasteiger partial charge in [-0.3, -0.25) is 0 Å². The van der Waals surface area contributed by atoms with Gasteiger partial charge in [-0.15, -0.1) is 0 Å². The molecule has 21 heavy (non-hydrogen) atoms. The summed E-state index contributed by atoms with van der Waals surface area (Å²) in [7, 11) is 1.82. The van der Waals surface area contributed by atoms with E-state index in [1.165, 1.54) is 31.4 Å². The van der Waals surface area contributed by atoms with Crippen molar-refractivity contribution in [2.75, 3.05) is 7.11 Å². The first kappa shape index (κ1) is 18.5. The normalized spacial score (nSPS) is 12.9. The number of allylic oxidation sites excluding steroid dienone is 4. The summed E-state index contributed by atoms with van der Waals surface area (Å²) < 4.78 is 6.98. The third-order valence-corrected chi connectivity index (χ3v) is 5.10. The van der Waals surface area contributed by atoms with Crippen LogP contribution < -0.4 is 28.7 Å². The first-order valence-electron chi connectivity index (χ1n) is 6.48. The van der Waals surface area contributed by atoms with E-state index < -0.39 is 19.5 Å². The van der Waals surface area contributed by atoms with Gasteiger partial charge in [0, 0.05) is 0 Å². The minimum absolute atomic E-state index is 0. The summed E-state index contributed by atoms with van der Waals surface area (Å²) in [6, 6.07) is 13.1. The second-order valence-electron chi connectivity index (χ2n) is 4.78. The number of hydrogen-bond donors (Lipinski definition) is 0. The Hall–Kier alpha value is -0.566. The minimum atomic E-state index is -0.537. The number of rotatable bonds is 3. The summed E-state index contributed by atoms with van der Waals surface area (Å²) in [5.41, 5.74) is 4.24. The van der Waals surface area contributed by atoms with Gasteiger partial charge in [0.25, 0.3) is 0 Å². The van der Waals surface area contributed by atoms with Crippen molar-refractivity contribution >= 4 is 20.2 Å². The van der Waals surface area contributed by atoms with Gasteiger partial charge >= 0.3 is 123 Å². The second kappa shape index (κ2) is 8.17. The molecule has 3 rings (SSSR count). The molecular weight excluding hydrogens is 339 g/mol. The van der Waals surface area contributed by atoms with E-state index >= 15 is 0 Å². The maximum atomic E-state index is 5.55. The zero-order valence-electron chi connectivity index (χ0n) is 12.0. The van der Waals surface area contributed by atoms with E-state index in [9.17, 15) is 0 Å².